The highest BCUT2D eigenvalue weighted by molar-refractivity contribution is 5.39. The van der Waals surface area contributed by atoms with Crippen LogP contribution < -0.4 is 0 Å². The van der Waals surface area contributed by atoms with Crippen molar-refractivity contribution in [1.29, 1.82) is 0 Å². The minimum absolute atomic E-state index is 0.437. The first kappa shape index (κ1) is 15.5. The predicted molar refractivity (Wildman–Crippen MR) is 63.9 cm³/mol. The molecule has 21 heavy (non-hydrogen) atoms. The van der Waals surface area contributed by atoms with Crippen molar-refractivity contribution in [3.05, 3.63) is 59.5 Å². The molecule has 0 radical (unpaired) electrons. The van der Waals surface area contributed by atoms with Gasteiger partial charge in [0.1, 0.15) is 0 Å². The van der Waals surface area contributed by atoms with Crippen LogP contribution in [0.2, 0.25) is 0 Å². The Bertz CT molecular complexity index is 619. The molecule has 7 heteroatoms. The lowest BCUT2D eigenvalue weighted by atomic mass is 9.81. The Hall–Kier alpha value is -1.89. The summed E-state index contributed by atoms with van der Waals surface area (Å²) in [5.41, 5.74) is -4.36. The quantitative estimate of drug-likeness (QED) is 0.869. The van der Waals surface area contributed by atoms with E-state index in [-0.39, 0.29) is 0 Å². The van der Waals surface area contributed by atoms with E-state index in [1.165, 1.54) is 19.1 Å². The van der Waals surface area contributed by atoms with Gasteiger partial charge in [0.25, 0.3) is 0 Å². The first-order valence-corrected chi connectivity index (χ1v) is 5.87. The fourth-order valence-corrected chi connectivity index (χ4v) is 2.07. The number of hydrogen-bond acceptors (Lipinski definition) is 2. The molecule has 1 atom stereocenters. The van der Waals surface area contributed by atoms with Crippen molar-refractivity contribution in [1.82, 2.24) is 0 Å². The first-order chi connectivity index (χ1) is 9.60. The molecule has 1 aromatic carbocycles. The zero-order valence-corrected chi connectivity index (χ0v) is 10.8. The van der Waals surface area contributed by atoms with Crippen molar-refractivity contribution in [2.45, 2.75) is 24.6 Å². The van der Waals surface area contributed by atoms with Crippen LogP contribution in [0.15, 0.2) is 47.3 Å². The molecule has 2 rings (SSSR count). The number of aliphatic hydroxyl groups is 1. The highest BCUT2D eigenvalue weighted by Gasteiger charge is 2.71. The minimum Gasteiger partial charge on any atom is -0.472 e. The summed E-state index contributed by atoms with van der Waals surface area (Å²) in [6.45, 7) is 1.52. The van der Waals surface area contributed by atoms with Crippen LogP contribution >= 0.6 is 0 Å². The van der Waals surface area contributed by atoms with Crippen LogP contribution in [0.1, 0.15) is 16.7 Å². The molecule has 0 aliphatic carbocycles. The zero-order chi connectivity index (χ0) is 15.9. The van der Waals surface area contributed by atoms with Crippen LogP contribution in [0.3, 0.4) is 0 Å². The van der Waals surface area contributed by atoms with E-state index < -0.39 is 28.8 Å². The Morgan fingerprint density at radius 1 is 1.00 bits per heavy atom. The summed E-state index contributed by atoms with van der Waals surface area (Å²) in [4.78, 5) is 0. The van der Waals surface area contributed by atoms with Crippen LogP contribution in [0.4, 0.5) is 22.0 Å². The lowest BCUT2D eigenvalue weighted by Crippen LogP contribution is -2.55. The van der Waals surface area contributed by atoms with Gasteiger partial charge in [0, 0.05) is 5.56 Å². The highest BCUT2D eigenvalue weighted by atomic mass is 19.4. The molecule has 0 saturated heterocycles. The average molecular weight is 306 g/mol. The first-order valence-electron chi connectivity index (χ1n) is 5.87. The van der Waals surface area contributed by atoms with Gasteiger partial charge < -0.3 is 9.52 Å². The van der Waals surface area contributed by atoms with Gasteiger partial charge in [0.2, 0.25) is 0 Å². The lowest BCUT2D eigenvalue weighted by molar-refractivity contribution is -0.336. The Labute approximate surface area is 116 Å². The third-order valence-corrected chi connectivity index (χ3v) is 3.19. The molecule has 0 bridgehead atoms. The summed E-state index contributed by atoms with van der Waals surface area (Å²) in [5.74, 6) is -5.39. The Kier molecular flexibility index (Phi) is 3.57. The molecule has 0 aliphatic rings. The van der Waals surface area contributed by atoms with Crippen molar-refractivity contribution >= 4 is 0 Å². The molecule has 2 nitrogen and oxygen atoms in total. The molecule has 0 spiro atoms. The van der Waals surface area contributed by atoms with Gasteiger partial charge in [0.15, 0.2) is 5.60 Å². The third-order valence-electron chi connectivity index (χ3n) is 3.19. The highest BCUT2D eigenvalue weighted by Crippen LogP contribution is 2.51. The maximum atomic E-state index is 13.9. The van der Waals surface area contributed by atoms with Gasteiger partial charge in [-0.2, -0.15) is 22.0 Å². The van der Waals surface area contributed by atoms with Gasteiger partial charge in [-0.1, -0.05) is 29.8 Å². The fourth-order valence-electron chi connectivity index (χ4n) is 2.07. The van der Waals surface area contributed by atoms with Crippen molar-refractivity contribution < 1.29 is 31.5 Å². The average Bonchev–Trinajstić information content (AvgIpc) is 2.90. The number of benzene rings is 1. The molecule has 0 saturated carbocycles. The van der Waals surface area contributed by atoms with Crippen molar-refractivity contribution in [2.24, 2.45) is 0 Å². The number of hydrogen-bond donors (Lipinski definition) is 1. The monoisotopic (exact) mass is 306 g/mol. The second-order valence-corrected chi connectivity index (χ2v) is 4.66. The standard InChI is InChI=1S/C14H11F5O2/c1-9-3-2-4-10(7-9)12(20,11-5-6-21-8-11)13(15,16)14(17,18)19/h2-8,20H,1H3. The second-order valence-electron chi connectivity index (χ2n) is 4.66. The van der Waals surface area contributed by atoms with Gasteiger partial charge >= 0.3 is 12.1 Å². The molecule has 1 aromatic heterocycles. The molecule has 114 valence electrons. The van der Waals surface area contributed by atoms with E-state index in [0.717, 1.165) is 24.5 Å². The normalized spacial score (nSPS) is 15.8. The molecular weight excluding hydrogens is 295 g/mol. The van der Waals surface area contributed by atoms with Gasteiger partial charge in [0.05, 0.1) is 12.5 Å². The van der Waals surface area contributed by atoms with Gasteiger partial charge in [-0.05, 0) is 18.6 Å². The number of halogens is 5. The summed E-state index contributed by atoms with van der Waals surface area (Å²) in [5, 5.41) is 10.3. The van der Waals surface area contributed by atoms with Crippen LogP contribution in [0.5, 0.6) is 0 Å². The van der Waals surface area contributed by atoms with Crippen LogP contribution in [-0.2, 0) is 5.60 Å². The lowest BCUT2D eigenvalue weighted by Gasteiger charge is -2.36. The third kappa shape index (κ3) is 2.31. The molecule has 1 heterocycles. The van der Waals surface area contributed by atoms with Crippen LogP contribution in [-0.4, -0.2) is 17.2 Å². The summed E-state index contributed by atoms with van der Waals surface area (Å²) >= 11 is 0. The van der Waals surface area contributed by atoms with Crippen molar-refractivity contribution in [3.63, 3.8) is 0 Å². The fraction of sp³-hybridized carbons (Fsp3) is 0.286. The topological polar surface area (TPSA) is 33.4 Å². The van der Waals surface area contributed by atoms with Crippen LogP contribution in [0, 0.1) is 6.92 Å². The van der Waals surface area contributed by atoms with E-state index in [0.29, 0.717) is 11.8 Å². The van der Waals surface area contributed by atoms with Gasteiger partial charge in [-0.25, -0.2) is 0 Å². The van der Waals surface area contributed by atoms with E-state index in [2.05, 4.69) is 4.42 Å². The maximum Gasteiger partial charge on any atom is 0.457 e. The predicted octanol–water partition coefficient (Wildman–Crippen LogP) is 4.02. The van der Waals surface area contributed by atoms with Crippen molar-refractivity contribution in [3.8, 4) is 0 Å². The van der Waals surface area contributed by atoms with E-state index >= 15 is 0 Å². The molecule has 2 aromatic rings. The Morgan fingerprint density at radius 2 is 1.67 bits per heavy atom. The number of aryl methyl sites for hydroxylation is 1. The Morgan fingerprint density at radius 3 is 2.14 bits per heavy atom. The summed E-state index contributed by atoms with van der Waals surface area (Å²) < 4.78 is 70.7. The summed E-state index contributed by atoms with van der Waals surface area (Å²) in [7, 11) is 0. The SMILES string of the molecule is Cc1cccc(C(O)(c2ccoc2)C(F)(F)C(F)(F)F)c1. The number of alkyl halides is 5. The van der Waals surface area contributed by atoms with Crippen LogP contribution in [0.25, 0.3) is 0 Å². The summed E-state index contributed by atoms with van der Waals surface area (Å²) in [6, 6.07) is 5.78. The van der Waals surface area contributed by atoms with E-state index in [1.54, 1.807) is 0 Å². The number of rotatable bonds is 3. The maximum absolute atomic E-state index is 13.9. The molecular formula is C14H11F5O2. The molecule has 0 aliphatic heterocycles. The zero-order valence-electron chi connectivity index (χ0n) is 10.8. The molecule has 0 fully saturated rings. The van der Waals surface area contributed by atoms with E-state index in [9.17, 15) is 27.1 Å². The molecule has 0 amide bonds. The molecule has 1 N–H and O–H groups in total. The van der Waals surface area contributed by atoms with Gasteiger partial charge in [-0.3, -0.25) is 0 Å². The molecule has 1 unspecified atom stereocenters. The largest absolute Gasteiger partial charge is 0.472 e. The van der Waals surface area contributed by atoms with E-state index in [1.807, 2.05) is 0 Å². The minimum atomic E-state index is -5.93. The Balaban J connectivity index is 2.73. The van der Waals surface area contributed by atoms with Crippen molar-refractivity contribution in [2.75, 3.05) is 0 Å². The number of furan rings is 1. The summed E-state index contributed by atoms with van der Waals surface area (Å²) in [6.07, 6.45) is -4.34. The second kappa shape index (κ2) is 4.84. The van der Waals surface area contributed by atoms with Gasteiger partial charge in [-0.15, -0.1) is 0 Å². The van der Waals surface area contributed by atoms with E-state index in [4.69, 9.17) is 0 Å². The smallest absolute Gasteiger partial charge is 0.457 e.